The largest absolute Gasteiger partial charge is 0.456 e. The highest BCUT2D eigenvalue weighted by atomic mass is 79.9. The van der Waals surface area contributed by atoms with E-state index < -0.39 is 0 Å². The summed E-state index contributed by atoms with van der Waals surface area (Å²) in [6.07, 6.45) is 0. The second kappa shape index (κ2) is 5.76. The first-order valence-electron chi connectivity index (χ1n) is 6.27. The maximum Gasteiger partial charge on any atom is 0.141 e. The standard InChI is InChI=1S/C16H18BrNO/c1-10-4-6-15(11(2)8-10)19-16-7-5-13(12(3)18)9-14(16)17/h4-9,12H,18H2,1-3H3/t12-/m0/s1. The van der Waals surface area contributed by atoms with Crippen molar-refractivity contribution in [2.45, 2.75) is 26.8 Å². The Labute approximate surface area is 122 Å². The number of aryl methyl sites for hydroxylation is 2. The summed E-state index contributed by atoms with van der Waals surface area (Å²) >= 11 is 3.53. The molecule has 19 heavy (non-hydrogen) atoms. The van der Waals surface area contributed by atoms with Crippen molar-refractivity contribution in [3.63, 3.8) is 0 Å². The summed E-state index contributed by atoms with van der Waals surface area (Å²) in [5.74, 6) is 1.68. The topological polar surface area (TPSA) is 35.2 Å². The third kappa shape index (κ3) is 3.37. The van der Waals surface area contributed by atoms with Gasteiger partial charge in [-0.3, -0.25) is 0 Å². The van der Waals surface area contributed by atoms with Crippen LogP contribution in [0.25, 0.3) is 0 Å². The molecule has 0 amide bonds. The van der Waals surface area contributed by atoms with Crippen LogP contribution in [0.15, 0.2) is 40.9 Å². The summed E-state index contributed by atoms with van der Waals surface area (Å²) in [5, 5.41) is 0. The number of benzene rings is 2. The molecule has 0 spiro atoms. The number of rotatable bonds is 3. The van der Waals surface area contributed by atoms with E-state index >= 15 is 0 Å². The van der Waals surface area contributed by atoms with Crippen LogP contribution in [-0.2, 0) is 0 Å². The molecule has 0 radical (unpaired) electrons. The van der Waals surface area contributed by atoms with Crippen molar-refractivity contribution in [2.75, 3.05) is 0 Å². The van der Waals surface area contributed by atoms with E-state index in [2.05, 4.69) is 28.9 Å². The molecule has 0 fully saturated rings. The molecule has 0 aliphatic rings. The van der Waals surface area contributed by atoms with E-state index in [1.807, 2.05) is 44.2 Å². The Balaban J connectivity index is 2.28. The van der Waals surface area contributed by atoms with Crippen LogP contribution in [0.5, 0.6) is 11.5 Å². The zero-order chi connectivity index (χ0) is 14.0. The minimum Gasteiger partial charge on any atom is -0.456 e. The van der Waals surface area contributed by atoms with Gasteiger partial charge >= 0.3 is 0 Å². The molecule has 0 aliphatic carbocycles. The van der Waals surface area contributed by atoms with Gasteiger partial charge in [-0.05, 0) is 66.0 Å². The smallest absolute Gasteiger partial charge is 0.141 e. The second-order valence-electron chi connectivity index (χ2n) is 4.85. The van der Waals surface area contributed by atoms with Crippen LogP contribution < -0.4 is 10.5 Å². The third-order valence-electron chi connectivity index (χ3n) is 3.03. The number of hydrogen-bond donors (Lipinski definition) is 1. The lowest BCUT2D eigenvalue weighted by molar-refractivity contribution is 0.475. The summed E-state index contributed by atoms with van der Waals surface area (Å²) in [5.41, 5.74) is 9.31. The minimum atomic E-state index is 0.0199. The minimum absolute atomic E-state index is 0.0199. The van der Waals surface area contributed by atoms with Gasteiger partial charge in [0.25, 0.3) is 0 Å². The highest BCUT2D eigenvalue weighted by Crippen LogP contribution is 2.33. The molecule has 3 heteroatoms. The maximum atomic E-state index is 5.94. The highest BCUT2D eigenvalue weighted by Gasteiger charge is 2.08. The fourth-order valence-corrected chi connectivity index (χ4v) is 2.39. The molecule has 0 unspecified atom stereocenters. The zero-order valence-corrected chi connectivity index (χ0v) is 13.0. The van der Waals surface area contributed by atoms with E-state index in [-0.39, 0.29) is 6.04 Å². The molecule has 0 heterocycles. The van der Waals surface area contributed by atoms with Gasteiger partial charge in [-0.1, -0.05) is 23.8 Å². The van der Waals surface area contributed by atoms with E-state index in [4.69, 9.17) is 10.5 Å². The molecular weight excluding hydrogens is 302 g/mol. The van der Waals surface area contributed by atoms with Crippen molar-refractivity contribution in [1.29, 1.82) is 0 Å². The Morgan fingerprint density at radius 1 is 1.05 bits per heavy atom. The average Bonchev–Trinajstić information content (AvgIpc) is 2.34. The first kappa shape index (κ1) is 14.1. The normalized spacial score (nSPS) is 12.3. The molecule has 100 valence electrons. The van der Waals surface area contributed by atoms with Crippen molar-refractivity contribution in [2.24, 2.45) is 5.73 Å². The maximum absolute atomic E-state index is 5.94. The van der Waals surface area contributed by atoms with Gasteiger partial charge in [0.05, 0.1) is 4.47 Å². The Morgan fingerprint density at radius 2 is 1.74 bits per heavy atom. The van der Waals surface area contributed by atoms with Crippen LogP contribution in [0, 0.1) is 13.8 Å². The molecular formula is C16H18BrNO. The lowest BCUT2D eigenvalue weighted by atomic mass is 10.1. The van der Waals surface area contributed by atoms with Crippen molar-refractivity contribution < 1.29 is 4.74 Å². The van der Waals surface area contributed by atoms with Crippen LogP contribution in [-0.4, -0.2) is 0 Å². The Kier molecular flexibility index (Phi) is 4.27. The summed E-state index contributed by atoms with van der Waals surface area (Å²) < 4.78 is 6.86. The van der Waals surface area contributed by atoms with Crippen LogP contribution in [0.4, 0.5) is 0 Å². The molecule has 2 rings (SSSR count). The molecule has 2 aromatic carbocycles. The first-order valence-corrected chi connectivity index (χ1v) is 7.07. The molecule has 0 aliphatic heterocycles. The van der Waals surface area contributed by atoms with Crippen LogP contribution in [0.1, 0.15) is 29.7 Å². The molecule has 2 nitrogen and oxygen atoms in total. The lowest BCUT2D eigenvalue weighted by Gasteiger charge is -2.13. The third-order valence-corrected chi connectivity index (χ3v) is 3.65. The molecule has 0 saturated heterocycles. The van der Waals surface area contributed by atoms with Gasteiger partial charge in [-0.25, -0.2) is 0 Å². The summed E-state index contributed by atoms with van der Waals surface area (Å²) in [6, 6.07) is 12.1. The van der Waals surface area contributed by atoms with Crippen molar-refractivity contribution in [3.05, 3.63) is 57.6 Å². The Bertz CT molecular complexity index is 593. The Morgan fingerprint density at radius 3 is 2.32 bits per heavy atom. The SMILES string of the molecule is Cc1ccc(Oc2ccc([C@H](C)N)cc2Br)c(C)c1. The van der Waals surface area contributed by atoms with Gasteiger partial charge in [-0.15, -0.1) is 0 Å². The first-order chi connectivity index (χ1) is 8.97. The summed E-state index contributed by atoms with van der Waals surface area (Å²) in [7, 11) is 0. The van der Waals surface area contributed by atoms with E-state index in [1.165, 1.54) is 5.56 Å². The van der Waals surface area contributed by atoms with Crippen LogP contribution in [0.2, 0.25) is 0 Å². The molecule has 2 aromatic rings. The van der Waals surface area contributed by atoms with Gasteiger partial charge in [0.1, 0.15) is 11.5 Å². The molecule has 0 bridgehead atoms. The molecule has 2 N–H and O–H groups in total. The van der Waals surface area contributed by atoms with Crippen molar-refractivity contribution >= 4 is 15.9 Å². The van der Waals surface area contributed by atoms with E-state index in [0.29, 0.717) is 0 Å². The van der Waals surface area contributed by atoms with Gasteiger partial charge in [0.15, 0.2) is 0 Å². The van der Waals surface area contributed by atoms with Gasteiger partial charge < -0.3 is 10.5 Å². The molecule has 1 atom stereocenters. The van der Waals surface area contributed by atoms with Crippen molar-refractivity contribution in [1.82, 2.24) is 0 Å². The highest BCUT2D eigenvalue weighted by molar-refractivity contribution is 9.10. The summed E-state index contributed by atoms with van der Waals surface area (Å²) in [4.78, 5) is 0. The average molecular weight is 320 g/mol. The summed E-state index contributed by atoms with van der Waals surface area (Å²) in [6.45, 7) is 6.09. The Hall–Kier alpha value is -1.32. The quantitative estimate of drug-likeness (QED) is 0.875. The van der Waals surface area contributed by atoms with E-state index in [9.17, 15) is 0 Å². The van der Waals surface area contributed by atoms with Gasteiger partial charge in [0, 0.05) is 6.04 Å². The molecule has 0 aromatic heterocycles. The number of nitrogens with two attached hydrogens (primary N) is 1. The predicted molar refractivity (Wildman–Crippen MR) is 82.7 cm³/mol. The van der Waals surface area contributed by atoms with Crippen molar-refractivity contribution in [3.8, 4) is 11.5 Å². The van der Waals surface area contributed by atoms with Gasteiger partial charge in [0.2, 0.25) is 0 Å². The predicted octanol–water partition coefficient (Wildman–Crippen LogP) is 4.88. The number of halogens is 1. The fraction of sp³-hybridized carbons (Fsp3) is 0.250. The number of ether oxygens (including phenoxy) is 1. The van der Waals surface area contributed by atoms with Gasteiger partial charge in [-0.2, -0.15) is 0 Å². The molecule has 0 saturated carbocycles. The number of hydrogen-bond acceptors (Lipinski definition) is 2. The zero-order valence-electron chi connectivity index (χ0n) is 11.4. The van der Waals surface area contributed by atoms with E-state index in [0.717, 1.165) is 27.1 Å². The lowest BCUT2D eigenvalue weighted by Crippen LogP contribution is -2.04. The van der Waals surface area contributed by atoms with E-state index in [1.54, 1.807) is 0 Å². The second-order valence-corrected chi connectivity index (χ2v) is 5.70. The fourth-order valence-electron chi connectivity index (χ4n) is 1.92. The van der Waals surface area contributed by atoms with Crippen LogP contribution in [0.3, 0.4) is 0 Å². The monoisotopic (exact) mass is 319 g/mol. The van der Waals surface area contributed by atoms with Crippen LogP contribution >= 0.6 is 15.9 Å².